The minimum atomic E-state index is -0.111. The van der Waals surface area contributed by atoms with Gasteiger partial charge in [-0.1, -0.05) is 39.0 Å². The summed E-state index contributed by atoms with van der Waals surface area (Å²) in [5, 5.41) is 3.76. The number of fused-ring (bicyclic) bond motifs is 1. The molecule has 0 fully saturated rings. The summed E-state index contributed by atoms with van der Waals surface area (Å²) in [6.45, 7) is 6.84. The maximum Gasteiger partial charge on any atom is 0.252 e. The molecule has 0 aliphatic rings. The SMILES string of the molecule is CC(C)(C)CNC(=O)c1cc(N)nc2ccccc12. The summed E-state index contributed by atoms with van der Waals surface area (Å²) in [5.74, 6) is 0.250. The number of carbonyl (C=O) groups excluding carboxylic acids is 1. The van der Waals surface area contributed by atoms with Crippen LogP contribution in [-0.2, 0) is 0 Å². The number of hydrogen-bond donors (Lipinski definition) is 2. The number of nitrogens with one attached hydrogen (secondary N) is 1. The molecule has 0 atom stereocenters. The molecule has 4 heteroatoms. The van der Waals surface area contributed by atoms with Crippen molar-refractivity contribution < 1.29 is 4.79 Å². The molecule has 19 heavy (non-hydrogen) atoms. The molecule has 3 N–H and O–H groups in total. The highest BCUT2D eigenvalue weighted by Gasteiger charge is 2.15. The molecule has 0 saturated carbocycles. The molecule has 100 valence electrons. The predicted octanol–water partition coefficient (Wildman–Crippen LogP) is 2.59. The Hall–Kier alpha value is -2.10. The fourth-order valence-corrected chi connectivity index (χ4v) is 1.82. The zero-order chi connectivity index (χ0) is 14.0. The fourth-order valence-electron chi connectivity index (χ4n) is 1.82. The van der Waals surface area contributed by atoms with E-state index < -0.39 is 0 Å². The second-order valence-corrected chi connectivity index (χ2v) is 5.86. The normalized spacial score (nSPS) is 11.5. The van der Waals surface area contributed by atoms with Gasteiger partial charge >= 0.3 is 0 Å². The van der Waals surface area contributed by atoms with Crippen molar-refractivity contribution in [3.05, 3.63) is 35.9 Å². The molecule has 0 unspecified atom stereocenters. The van der Waals surface area contributed by atoms with Gasteiger partial charge in [0.15, 0.2) is 0 Å². The Morgan fingerprint density at radius 2 is 2.00 bits per heavy atom. The van der Waals surface area contributed by atoms with Gasteiger partial charge in [-0.3, -0.25) is 4.79 Å². The van der Waals surface area contributed by atoms with Gasteiger partial charge < -0.3 is 11.1 Å². The number of hydrogen-bond acceptors (Lipinski definition) is 3. The van der Waals surface area contributed by atoms with Crippen molar-refractivity contribution in [3.63, 3.8) is 0 Å². The molecule has 0 bridgehead atoms. The Bertz CT molecular complexity index is 614. The standard InChI is InChI=1S/C15H19N3O/c1-15(2,3)9-17-14(19)11-8-13(16)18-12-7-5-4-6-10(11)12/h4-8H,9H2,1-3H3,(H2,16,18)(H,17,19). The van der Waals surface area contributed by atoms with Crippen molar-refractivity contribution in [1.82, 2.24) is 10.3 Å². The van der Waals surface area contributed by atoms with Gasteiger partial charge in [0, 0.05) is 11.9 Å². The maximum atomic E-state index is 12.3. The van der Waals surface area contributed by atoms with Crippen LogP contribution < -0.4 is 11.1 Å². The molecule has 1 amide bonds. The summed E-state index contributed by atoms with van der Waals surface area (Å²) in [5.41, 5.74) is 7.11. The van der Waals surface area contributed by atoms with Crippen molar-refractivity contribution >= 4 is 22.6 Å². The first-order chi connectivity index (χ1) is 8.87. The molecular weight excluding hydrogens is 238 g/mol. The topological polar surface area (TPSA) is 68.0 Å². The number of nitrogens with zero attached hydrogens (tertiary/aromatic N) is 1. The third-order valence-corrected chi connectivity index (χ3v) is 2.76. The van der Waals surface area contributed by atoms with Crippen LogP contribution in [0.15, 0.2) is 30.3 Å². The molecule has 2 aromatic rings. The molecule has 1 heterocycles. The Labute approximate surface area is 113 Å². The number of rotatable bonds is 2. The molecule has 0 aliphatic carbocycles. The van der Waals surface area contributed by atoms with Gasteiger partial charge in [0.2, 0.25) is 0 Å². The van der Waals surface area contributed by atoms with E-state index >= 15 is 0 Å². The first-order valence-corrected chi connectivity index (χ1v) is 6.30. The molecule has 1 aromatic heterocycles. The summed E-state index contributed by atoms with van der Waals surface area (Å²) < 4.78 is 0. The van der Waals surface area contributed by atoms with Crippen molar-refractivity contribution in [3.8, 4) is 0 Å². The van der Waals surface area contributed by atoms with E-state index in [2.05, 4.69) is 31.1 Å². The Morgan fingerprint density at radius 1 is 1.32 bits per heavy atom. The summed E-state index contributed by atoms with van der Waals surface area (Å²) in [6, 6.07) is 9.13. The third-order valence-electron chi connectivity index (χ3n) is 2.76. The Kier molecular flexibility index (Phi) is 3.42. The largest absolute Gasteiger partial charge is 0.384 e. The smallest absolute Gasteiger partial charge is 0.252 e. The third kappa shape index (κ3) is 3.22. The second-order valence-electron chi connectivity index (χ2n) is 5.86. The van der Waals surface area contributed by atoms with Gasteiger partial charge in [-0.2, -0.15) is 0 Å². The van der Waals surface area contributed by atoms with Gasteiger partial charge in [0.25, 0.3) is 5.91 Å². The lowest BCUT2D eigenvalue weighted by atomic mass is 9.97. The van der Waals surface area contributed by atoms with Crippen LogP contribution in [0.1, 0.15) is 31.1 Å². The molecule has 0 radical (unpaired) electrons. The number of nitrogens with two attached hydrogens (primary N) is 1. The van der Waals surface area contributed by atoms with E-state index in [0.29, 0.717) is 17.9 Å². The maximum absolute atomic E-state index is 12.3. The first-order valence-electron chi connectivity index (χ1n) is 6.30. The number of carbonyl (C=O) groups is 1. The van der Waals surface area contributed by atoms with Crippen LogP contribution in [0.5, 0.6) is 0 Å². The van der Waals surface area contributed by atoms with E-state index in [4.69, 9.17) is 5.73 Å². The van der Waals surface area contributed by atoms with Crippen molar-refractivity contribution in [1.29, 1.82) is 0 Å². The van der Waals surface area contributed by atoms with E-state index in [1.165, 1.54) is 0 Å². The quantitative estimate of drug-likeness (QED) is 0.869. The van der Waals surface area contributed by atoms with Gasteiger partial charge in [-0.15, -0.1) is 0 Å². The number of amides is 1. The van der Waals surface area contributed by atoms with Crippen LogP contribution in [-0.4, -0.2) is 17.4 Å². The number of pyridine rings is 1. The van der Waals surface area contributed by atoms with Crippen LogP contribution in [0, 0.1) is 5.41 Å². The molecule has 4 nitrogen and oxygen atoms in total. The first kappa shape index (κ1) is 13.3. The highest BCUT2D eigenvalue weighted by Crippen LogP contribution is 2.19. The molecule has 0 spiro atoms. The molecule has 1 aromatic carbocycles. The molecule has 0 saturated heterocycles. The minimum absolute atomic E-state index is 0.0457. The summed E-state index contributed by atoms with van der Waals surface area (Å²) >= 11 is 0. The lowest BCUT2D eigenvalue weighted by molar-refractivity contribution is 0.0941. The number of nitrogen functional groups attached to an aromatic ring is 1. The summed E-state index contributed by atoms with van der Waals surface area (Å²) in [6.07, 6.45) is 0. The van der Waals surface area contributed by atoms with E-state index in [0.717, 1.165) is 10.9 Å². The predicted molar refractivity (Wildman–Crippen MR) is 77.9 cm³/mol. The van der Waals surface area contributed by atoms with Gasteiger partial charge in [0.1, 0.15) is 5.82 Å². The van der Waals surface area contributed by atoms with E-state index in [-0.39, 0.29) is 11.3 Å². The van der Waals surface area contributed by atoms with Crippen LogP contribution in [0.2, 0.25) is 0 Å². The highest BCUT2D eigenvalue weighted by molar-refractivity contribution is 6.06. The number of benzene rings is 1. The van der Waals surface area contributed by atoms with E-state index in [1.807, 2.05) is 24.3 Å². The van der Waals surface area contributed by atoms with Gasteiger partial charge in [-0.25, -0.2) is 4.98 Å². The Balaban J connectivity index is 2.36. The number of aromatic nitrogens is 1. The van der Waals surface area contributed by atoms with Crippen LogP contribution >= 0.6 is 0 Å². The highest BCUT2D eigenvalue weighted by atomic mass is 16.1. The van der Waals surface area contributed by atoms with Crippen molar-refractivity contribution in [2.24, 2.45) is 5.41 Å². The zero-order valence-corrected chi connectivity index (χ0v) is 11.5. The number of para-hydroxylation sites is 1. The average Bonchev–Trinajstić information content (AvgIpc) is 2.34. The monoisotopic (exact) mass is 257 g/mol. The average molecular weight is 257 g/mol. The van der Waals surface area contributed by atoms with Crippen LogP contribution in [0.3, 0.4) is 0 Å². The Morgan fingerprint density at radius 3 is 2.68 bits per heavy atom. The number of anilines is 1. The van der Waals surface area contributed by atoms with Crippen LogP contribution in [0.4, 0.5) is 5.82 Å². The van der Waals surface area contributed by atoms with Crippen LogP contribution in [0.25, 0.3) is 10.9 Å². The van der Waals surface area contributed by atoms with Gasteiger partial charge in [0.05, 0.1) is 11.1 Å². The lowest BCUT2D eigenvalue weighted by Gasteiger charge is -2.19. The van der Waals surface area contributed by atoms with E-state index in [1.54, 1.807) is 6.07 Å². The van der Waals surface area contributed by atoms with Crippen molar-refractivity contribution in [2.45, 2.75) is 20.8 Å². The van der Waals surface area contributed by atoms with E-state index in [9.17, 15) is 4.79 Å². The second kappa shape index (κ2) is 4.88. The van der Waals surface area contributed by atoms with Gasteiger partial charge in [-0.05, 0) is 17.5 Å². The molecule has 2 rings (SSSR count). The fraction of sp³-hybridized carbons (Fsp3) is 0.333. The lowest BCUT2D eigenvalue weighted by Crippen LogP contribution is -2.32. The molecular formula is C15H19N3O. The summed E-state index contributed by atoms with van der Waals surface area (Å²) in [7, 11) is 0. The summed E-state index contributed by atoms with van der Waals surface area (Å²) in [4.78, 5) is 16.5. The van der Waals surface area contributed by atoms with Crippen molar-refractivity contribution in [2.75, 3.05) is 12.3 Å². The minimum Gasteiger partial charge on any atom is -0.384 e. The zero-order valence-electron chi connectivity index (χ0n) is 11.5. The molecule has 0 aliphatic heterocycles.